The second-order valence-corrected chi connectivity index (χ2v) is 2.19. The average molecular weight is 195 g/mol. The van der Waals surface area contributed by atoms with E-state index < -0.39 is 30.2 Å². The number of aliphatic hydroxyl groups excluding tert-OH is 3. The smallest absolute Gasteiger partial charge is 0.335 e. The summed E-state index contributed by atoms with van der Waals surface area (Å²) in [6.07, 6.45) is -6.71. The van der Waals surface area contributed by atoms with Gasteiger partial charge in [0.05, 0.1) is 0 Å². The van der Waals surface area contributed by atoms with E-state index in [1.807, 2.05) is 0 Å². The number of carboxylic acids is 1. The van der Waals surface area contributed by atoms with Crippen molar-refractivity contribution >= 4 is 11.9 Å². The van der Waals surface area contributed by atoms with E-state index in [2.05, 4.69) is 0 Å². The molecule has 3 atom stereocenters. The number of hydroxylamine groups is 1. The molecule has 0 aromatic carbocycles. The van der Waals surface area contributed by atoms with Gasteiger partial charge in [0.25, 0.3) is 5.91 Å². The van der Waals surface area contributed by atoms with Crippen LogP contribution in [0.2, 0.25) is 0 Å². The molecule has 0 aliphatic carbocycles. The third-order valence-corrected chi connectivity index (χ3v) is 1.28. The third-order valence-electron chi connectivity index (χ3n) is 1.28. The number of carbonyl (C=O) groups is 2. The van der Waals surface area contributed by atoms with Crippen LogP contribution in [0.4, 0.5) is 0 Å². The molecule has 0 bridgehead atoms. The van der Waals surface area contributed by atoms with Crippen molar-refractivity contribution in [2.24, 2.45) is 0 Å². The Balaban J connectivity index is 4.32. The van der Waals surface area contributed by atoms with Crippen LogP contribution < -0.4 is 5.48 Å². The molecule has 0 fully saturated rings. The Morgan fingerprint density at radius 2 is 1.54 bits per heavy atom. The minimum atomic E-state index is -2.30. The molecule has 0 unspecified atom stereocenters. The van der Waals surface area contributed by atoms with Gasteiger partial charge in [0.1, 0.15) is 6.10 Å². The Morgan fingerprint density at radius 1 is 1.08 bits per heavy atom. The van der Waals surface area contributed by atoms with Crippen LogP contribution >= 0.6 is 0 Å². The molecule has 0 radical (unpaired) electrons. The van der Waals surface area contributed by atoms with Crippen molar-refractivity contribution in [3.63, 3.8) is 0 Å². The molecule has 76 valence electrons. The van der Waals surface area contributed by atoms with E-state index in [4.69, 9.17) is 25.6 Å². The molecule has 6 N–H and O–H groups in total. The van der Waals surface area contributed by atoms with Crippen LogP contribution in [-0.4, -0.2) is 55.8 Å². The molecule has 0 rings (SSSR count). The van der Waals surface area contributed by atoms with Crippen LogP contribution in [0, 0.1) is 0 Å². The van der Waals surface area contributed by atoms with Crippen molar-refractivity contribution in [2.45, 2.75) is 18.3 Å². The van der Waals surface area contributed by atoms with E-state index >= 15 is 0 Å². The number of aliphatic hydroxyl groups is 3. The Morgan fingerprint density at radius 3 is 1.85 bits per heavy atom. The van der Waals surface area contributed by atoms with E-state index in [1.165, 1.54) is 0 Å². The molecule has 0 saturated carbocycles. The van der Waals surface area contributed by atoms with Gasteiger partial charge in [-0.05, 0) is 0 Å². The first-order valence-electron chi connectivity index (χ1n) is 3.12. The Kier molecular flexibility index (Phi) is 4.28. The monoisotopic (exact) mass is 195 g/mol. The SMILES string of the molecule is O=C(O)[C@@H](O)[C@H](O)[C@H](O)C(=O)NO. The Labute approximate surface area is 72.0 Å². The number of hydrogen-bond acceptors (Lipinski definition) is 6. The van der Waals surface area contributed by atoms with Crippen molar-refractivity contribution in [3.05, 3.63) is 0 Å². The Bertz CT molecular complexity index is 205. The predicted octanol–water partition coefficient (Wildman–Crippen LogP) is -3.34. The lowest BCUT2D eigenvalue weighted by Crippen LogP contribution is -2.49. The van der Waals surface area contributed by atoms with E-state index in [0.29, 0.717) is 0 Å². The van der Waals surface area contributed by atoms with Crippen LogP contribution in [0.1, 0.15) is 0 Å². The van der Waals surface area contributed by atoms with Crippen LogP contribution in [0.3, 0.4) is 0 Å². The lowest BCUT2D eigenvalue weighted by atomic mass is 10.1. The molecule has 0 aromatic rings. The summed E-state index contributed by atoms with van der Waals surface area (Å²) in [6, 6.07) is 0. The van der Waals surface area contributed by atoms with E-state index in [0.717, 1.165) is 5.48 Å². The van der Waals surface area contributed by atoms with Crippen molar-refractivity contribution in [2.75, 3.05) is 0 Å². The molecule has 0 saturated heterocycles. The fourth-order valence-corrected chi connectivity index (χ4v) is 0.540. The van der Waals surface area contributed by atoms with E-state index in [1.54, 1.807) is 0 Å². The summed E-state index contributed by atoms with van der Waals surface area (Å²) < 4.78 is 0. The zero-order valence-electron chi connectivity index (χ0n) is 6.28. The summed E-state index contributed by atoms with van der Waals surface area (Å²) >= 11 is 0. The number of aliphatic carboxylic acids is 1. The minimum Gasteiger partial charge on any atom is -0.479 e. The van der Waals surface area contributed by atoms with E-state index in [-0.39, 0.29) is 0 Å². The fraction of sp³-hybridized carbons (Fsp3) is 0.600. The van der Waals surface area contributed by atoms with Gasteiger partial charge in [0, 0.05) is 0 Å². The van der Waals surface area contributed by atoms with Gasteiger partial charge in [0.2, 0.25) is 0 Å². The molecule has 13 heavy (non-hydrogen) atoms. The number of carboxylic acid groups (broad SMARTS) is 1. The van der Waals surface area contributed by atoms with Gasteiger partial charge in [0.15, 0.2) is 12.2 Å². The van der Waals surface area contributed by atoms with Gasteiger partial charge in [-0.1, -0.05) is 0 Å². The highest BCUT2D eigenvalue weighted by Crippen LogP contribution is 2.00. The molecule has 0 aliphatic heterocycles. The second kappa shape index (κ2) is 4.72. The van der Waals surface area contributed by atoms with Gasteiger partial charge >= 0.3 is 5.97 Å². The number of carbonyl (C=O) groups excluding carboxylic acids is 1. The van der Waals surface area contributed by atoms with Crippen molar-refractivity contribution in [1.29, 1.82) is 0 Å². The first kappa shape index (κ1) is 11.8. The zero-order valence-corrected chi connectivity index (χ0v) is 6.28. The van der Waals surface area contributed by atoms with E-state index in [9.17, 15) is 9.59 Å². The highest BCUT2D eigenvalue weighted by Gasteiger charge is 2.34. The molecule has 8 nitrogen and oxygen atoms in total. The molecular formula is C5H9NO7. The normalized spacial score (nSPS) is 17.2. The van der Waals surface area contributed by atoms with Gasteiger partial charge in [-0.2, -0.15) is 0 Å². The van der Waals surface area contributed by atoms with Gasteiger partial charge in [-0.25, -0.2) is 10.3 Å². The summed E-state index contributed by atoms with van der Waals surface area (Å²) in [5.74, 6) is -3.20. The van der Waals surface area contributed by atoms with Gasteiger partial charge < -0.3 is 20.4 Å². The molecular weight excluding hydrogens is 186 g/mol. The molecule has 8 heteroatoms. The maximum atomic E-state index is 10.4. The second-order valence-electron chi connectivity index (χ2n) is 2.19. The van der Waals surface area contributed by atoms with Crippen LogP contribution in [0.15, 0.2) is 0 Å². The summed E-state index contributed by atoms with van der Waals surface area (Å²) in [5.41, 5.74) is 0.986. The van der Waals surface area contributed by atoms with Gasteiger partial charge in [-0.3, -0.25) is 10.0 Å². The lowest BCUT2D eigenvalue weighted by Gasteiger charge is -2.17. The first-order valence-corrected chi connectivity index (χ1v) is 3.12. The molecule has 0 spiro atoms. The number of rotatable bonds is 4. The lowest BCUT2D eigenvalue weighted by molar-refractivity contribution is -0.163. The fourth-order valence-electron chi connectivity index (χ4n) is 0.540. The first-order chi connectivity index (χ1) is 5.91. The van der Waals surface area contributed by atoms with Gasteiger partial charge in [-0.15, -0.1) is 0 Å². The largest absolute Gasteiger partial charge is 0.479 e. The number of nitrogens with one attached hydrogen (secondary N) is 1. The topological polar surface area (TPSA) is 147 Å². The highest BCUT2D eigenvalue weighted by molar-refractivity contribution is 5.82. The molecule has 0 aromatic heterocycles. The Hall–Kier alpha value is -1.22. The van der Waals surface area contributed by atoms with Crippen molar-refractivity contribution in [3.8, 4) is 0 Å². The third kappa shape index (κ3) is 2.95. The maximum absolute atomic E-state index is 10.4. The van der Waals surface area contributed by atoms with Crippen LogP contribution in [-0.2, 0) is 9.59 Å². The molecule has 1 amide bonds. The van der Waals surface area contributed by atoms with Crippen LogP contribution in [0.25, 0.3) is 0 Å². The highest BCUT2D eigenvalue weighted by atomic mass is 16.5. The van der Waals surface area contributed by atoms with Crippen LogP contribution in [0.5, 0.6) is 0 Å². The molecule has 0 aliphatic rings. The summed E-state index contributed by atoms with van der Waals surface area (Å²) in [7, 11) is 0. The maximum Gasteiger partial charge on any atom is 0.335 e. The molecule has 0 heterocycles. The summed E-state index contributed by atoms with van der Waals surface area (Å²) in [4.78, 5) is 20.4. The minimum absolute atomic E-state index is 0.986. The number of amides is 1. The quantitative estimate of drug-likeness (QED) is 0.203. The summed E-state index contributed by atoms with van der Waals surface area (Å²) in [5, 5.41) is 42.3. The zero-order chi connectivity index (χ0) is 10.6. The summed E-state index contributed by atoms with van der Waals surface area (Å²) in [6.45, 7) is 0. The predicted molar refractivity (Wildman–Crippen MR) is 35.6 cm³/mol. The number of hydrogen-bond donors (Lipinski definition) is 6. The average Bonchev–Trinajstić information content (AvgIpc) is 2.12. The van der Waals surface area contributed by atoms with Crippen molar-refractivity contribution in [1.82, 2.24) is 5.48 Å². The standard InChI is InChI=1S/C5H9NO7/c7-1(3(9)5(11)12)2(8)4(10)6-13/h1-3,7-9,13H,(H,6,10)(H,11,12)/t1-,2+,3+/m1/s1. The van der Waals surface area contributed by atoms with Crippen molar-refractivity contribution < 1.29 is 35.2 Å².